The number of rotatable bonds is 4. The summed E-state index contributed by atoms with van der Waals surface area (Å²) in [7, 11) is 0. The number of carbonyl (C=O) groups excluding carboxylic acids is 1. The predicted molar refractivity (Wildman–Crippen MR) is 114 cm³/mol. The average Bonchev–Trinajstić information content (AvgIpc) is 3.37. The number of benzene rings is 2. The maximum Gasteiger partial charge on any atom is 0.237 e. The summed E-state index contributed by atoms with van der Waals surface area (Å²) >= 11 is 1.32. The van der Waals surface area contributed by atoms with Crippen LogP contribution in [0.25, 0.3) is 16.9 Å². The normalized spacial score (nSPS) is 13.0. The average molecular weight is 402 g/mol. The molecule has 5 rings (SSSR count). The zero-order valence-corrected chi connectivity index (χ0v) is 16.3. The monoisotopic (exact) mass is 402 g/mol. The molecule has 0 unspecified atom stereocenters. The summed E-state index contributed by atoms with van der Waals surface area (Å²) in [5.74, 6) is 0.603. The van der Waals surface area contributed by atoms with Gasteiger partial charge in [0.05, 0.1) is 11.4 Å². The molecule has 2 N–H and O–H groups in total. The number of carbonyl (C=O) groups is 1. The zero-order valence-electron chi connectivity index (χ0n) is 15.5. The number of anilines is 2. The van der Waals surface area contributed by atoms with Gasteiger partial charge in [0.25, 0.3) is 0 Å². The molecule has 1 amide bonds. The van der Waals surface area contributed by atoms with Crippen molar-refractivity contribution in [3.63, 3.8) is 0 Å². The Morgan fingerprint density at radius 1 is 1.07 bits per heavy atom. The Hall–Kier alpha value is -3.39. The molecule has 1 aliphatic rings. The summed E-state index contributed by atoms with van der Waals surface area (Å²) < 4.78 is 1.68. The van der Waals surface area contributed by atoms with E-state index >= 15 is 0 Å². The molecule has 0 atom stereocenters. The molecule has 0 saturated heterocycles. The summed E-state index contributed by atoms with van der Waals surface area (Å²) in [5.41, 5.74) is 10.7. The second-order valence-electron chi connectivity index (χ2n) is 6.75. The molecule has 0 bridgehead atoms. The summed E-state index contributed by atoms with van der Waals surface area (Å²) in [5, 5.41) is 9.00. The number of para-hydroxylation sites is 1. The van der Waals surface area contributed by atoms with E-state index in [1.807, 2.05) is 59.5 Å². The van der Waals surface area contributed by atoms with Gasteiger partial charge in [-0.3, -0.25) is 4.79 Å². The van der Waals surface area contributed by atoms with E-state index in [4.69, 9.17) is 5.73 Å². The Balaban J connectivity index is 1.37. The molecule has 0 spiro atoms. The summed E-state index contributed by atoms with van der Waals surface area (Å²) in [4.78, 5) is 19.1. The van der Waals surface area contributed by atoms with E-state index in [1.54, 1.807) is 4.40 Å². The van der Waals surface area contributed by atoms with E-state index in [1.165, 1.54) is 17.3 Å². The fourth-order valence-electron chi connectivity index (χ4n) is 3.57. The van der Waals surface area contributed by atoms with E-state index < -0.39 is 0 Å². The molecule has 0 saturated carbocycles. The van der Waals surface area contributed by atoms with Crippen molar-refractivity contribution < 1.29 is 4.79 Å². The lowest BCUT2D eigenvalue weighted by atomic mass is 10.1. The van der Waals surface area contributed by atoms with E-state index in [0.717, 1.165) is 23.4 Å². The molecule has 29 heavy (non-hydrogen) atoms. The van der Waals surface area contributed by atoms with Crippen LogP contribution < -0.4 is 10.6 Å². The first-order chi connectivity index (χ1) is 14.2. The Kier molecular flexibility index (Phi) is 4.40. The van der Waals surface area contributed by atoms with Crippen molar-refractivity contribution in [3.05, 3.63) is 66.2 Å². The van der Waals surface area contributed by atoms with E-state index in [-0.39, 0.29) is 11.7 Å². The number of amides is 1. The van der Waals surface area contributed by atoms with Gasteiger partial charge < -0.3 is 10.6 Å². The Labute approximate surface area is 171 Å². The number of hydrogen-bond acceptors (Lipinski definition) is 6. The van der Waals surface area contributed by atoms with Crippen LogP contribution in [0.15, 0.2) is 65.8 Å². The Bertz CT molecular complexity index is 1210. The van der Waals surface area contributed by atoms with Crippen molar-refractivity contribution in [3.8, 4) is 11.3 Å². The van der Waals surface area contributed by atoms with Gasteiger partial charge in [-0.25, -0.2) is 9.38 Å². The van der Waals surface area contributed by atoms with Crippen LogP contribution in [0.5, 0.6) is 0 Å². The molecule has 1 aliphatic heterocycles. The quantitative estimate of drug-likeness (QED) is 0.528. The lowest BCUT2D eigenvalue weighted by Gasteiger charge is -2.16. The van der Waals surface area contributed by atoms with Gasteiger partial charge in [-0.15, -0.1) is 10.2 Å². The van der Waals surface area contributed by atoms with Gasteiger partial charge in [-0.2, -0.15) is 0 Å². The standard InChI is InChI=1S/C21H18N6OS/c22-20-23-16(14-6-2-1-3-7-14)12-18-24-25-21(27(18)20)29-13-19(28)26-11-10-15-8-4-5-9-17(15)26/h1-9,12H,10-11,13H2,(H2,22,23). The molecular formula is C21H18N6OS. The molecule has 0 aliphatic carbocycles. The van der Waals surface area contributed by atoms with Crippen molar-refractivity contribution >= 4 is 35.0 Å². The molecule has 3 heterocycles. The van der Waals surface area contributed by atoms with Gasteiger partial charge in [0.15, 0.2) is 10.8 Å². The van der Waals surface area contributed by atoms with Gasteiger partial charge in [-0.1, -0.05) is 60.3 Å². The van der Waals surface area contributed by atoms with E-state index in [9.17, 15) is 4.79 Å². The highest BCUT2D eigenvalue weighted by atomic mass is 32.2. The van der Waals surface area contributed by atoms with Gasteiger partial charge >= 0.3 is 0 Å². The van der Waals surface area contributed by atoms with Crippen LogP contribution in [0.3, 0.4) is 0 Å². The molecule has 144 valence electrons. The molecule has 4 aromatic rings. The van der Waals surface area contributed by atoms with Crippen molar-refractivity contribution in [2.45, 2.75) is 11.6 Å². The van der Waals surface area contributed by atoms with Gasteiger partial charge in [-0.05, 0) is 18.1 Å². The number of nitrogens with two attached hydrogens (primary N) is 1. The third kappa shape index (κ3) is 3.21. The first-order valence-corrected chi connectivity index (χ1v) is 10.3. The van der Waals surface area contributed by atoms with Crippen molar-refractivity contribution in [2.75, 3.05) is 22.9 Å². The van der Waals surface area contributed by atoms with Gasteiger partial charge in [0, 0.05) is 23.9 Å². The maximum atomic E-state index is 12.8. The van der Waals surface area contributed by atoms with E-state index in [2.05, 4.69) is 21.2 Å². The van der Waals surface area contributed by atoms with Crippen LogP contribution >= 0.6 is 11.8 Å². The smallest absolute Gasteiger partial charge is 0.237 e. The third-order valence-corrected chi connectivity index (χ3v) is 5.88. The molecule has 0 radical (unpaired) electrons. The largest absolute Gasteiger partial charge is 0.369 e. The summed E-state index contributed by atoms with van der Waals surface area (Å²) in [6.07, 6.45) is 0.888. The van der Waals surface area contributed by atoms with Gasteiger partial charge in [0.2, 0.25) is 11.9 Å². The summed E-state index contributed by atoms with van der Waals surface area (Å²) in [6, 6.07) is 19.7. The molecule has 2 aromatic heterocycles. The van der Waals surface area contributed by atoms with Crippen LogP contribution in [0.1, 0.15) is 5.56 Å². The minimum Gasteiger partial charge on any atom is -0.369 e. The van der Waals surface area contributed by atoms with Gasteiger partial charge in [0.1, 0.15) is 0 Å². The van der Waals surface area contributed by atoms with Crippen LogP contribution in [-0.2, 0) is 11.2 Å². The highest BCUT2D eigenvalue weighted by Crippen LogP contribution is 2.29. The molecule has 7 nitrogen and oxygen atoms in total. The fraction of sp³-hybridized carbons (Fsp3) is 0.143. The second-order valence-corrected chi connectivity index (χ2v) is 7.70. The van der Waals surface area contributed by atoms with Crippen LogP contribution in [-0.4, -0.2) is 37.8 Å². The van der Waals surface area contributed by atoms with Crippen LogP contribution in [0.2, 0.25) is 0 Å². The fourth-order valence-corrected chi connectivity index (χ4v) is 4.39. The molecular weight excluding hydrogens is 384 g/mol. The number of thioether (sulfide) groups is 1. The van der Waals surface area contributed by atoms with Crippen molar-refractivity contribution in [2.24, 2.45) is 0 Å². The zero-order chi connectivity index (χ0) is 19.8. The SMILES string of the molecule is Nc1nc(-c2ccccc2)cc2nnc(SCC(=O)N3CCc4ccccc43)n12. The minimum atomic E-state index is 0.0455. The van der Waals surface area contributed by atoms with Crippen LogP contribution in [0.4, 0.5) is 11.6 Å². The highest BCUT2D eigenvalue weighted by molar-refractivity contribution is 7.99. The number of hydrogen-bond donors (Lipinski definition) is 1. The first-order valence-electron chi connectivity index (χ1n) is 9.29. The maximum absolute atomic E-state index is 12.8. The van der Waals surface area contributed by atoms with Crippen molar-refractivity contribution in [1.82, 2.24) is 19.6 Å². The Morgan fingerprint density at radius 3 is 2.72 bits per heavy atom. The highest BCUT2D eigenvalue weighted by Gasteiger charge is 2.24. The first kappa shape index (κ1) is 17.7. The number of nitrogen functional groups attached to an aromatic ring is 1. The van der Waals surface area contributed by atoms with E-state index in [0.29, 0.717) is 23.3 Å². The minimum absolute atomic E-state index is 0.0455. The molecule has 2 aromatic carbocycles. The summed E-state index contributed by atoms with van der Waals surface area (Å²) in [6.45, 7) is 0.712. The number of fused-ring (bicyclic) bond motifs is 2. The lowest BCUT2D eigenvalue weighted by molar-refractivity contribution is -0.116. The number of aromatic nitrogens is 4. The topological polar surface area (TPSA) is 89.4 Å². The van der Waals surface area contributed by atoms with Crippen LogP contribution in [0, 0.1) is 0 Å². The Morgan fingerprint density at radius 2 is 1.86 bits per heavy atom. The molecule has 0 fully saturated rings. The number of nitrogens with zero attached hydrogens (tertiary/aromatic N) is 5. The predicted octanol–water partition coefficient (Wildman–Crippen LogP) is 3.05. The third-order valence-electron chi connectivity index (χ3n) is 4.97. The second kappa shape index (κ2) is 7.21. The lowest BCUT2D eigenvalue weighted by Crippen LogP contribution is -2.30. The van der Waals surface area contributed by atoms with Crippen molar-refractivity contribution in [1.29, 1.82) is 0 Å². The molecule has 8 heteroatoms.